The first-order valence-corrected chi connectivity index (χ1v) is 33.6. The Labute approximate surface area is 483 Å². The van der Waals surface area contributed by atoms with E-state index in [1.165, 1.54) is 244 Å². The van der Waals surface area contributed by atoms with E-state index in [4.69, 9.17) is 4.74 Å². The molecule has 0 aromatic heterocycles. The Morgan fingerprint density at radius 2 is 0.823 bits per heavy atom. The van der Waals surface area contributed by atoms with E-state index >= 15 is 0 Å². The number of anilines is 1. The van der Waals surface area contributed by atoms with Gasteiger partial charge in [-0.3, -0.25) is 9.59 Å². The Hall–Kier alpha value is -4.01. The number of carbonyl (C=O) groups excluding carboxylic acids is 3. The topological polar surface area (TPSA) is 91.0 Å². The van der Waals surface area contributed by atoms with E-state index in [0.29, 0.717) is 18.5 Å². The zero-order chi connectivity index (χ0) is 55.6. The summed E-state index contributed by atoms with van der Waals surface area (Å²) in [7, 11) is 0. The molecule has 2 N–H and O–H groups in total. The molecule has 3 aromatic rings. The Morgan fingerprint density at radius 3 is 1.20 bits per heavy atom. The summed E-state index contributed by atoms with van der Waals surface area (Å²) in [4.78, 5) is 43.0. The fourth-order valence-electron chi connectivity index (χ4n) is 12.4. The van der Waals surface area contributed by atoms with Gasteiger partial charge >= 0.3 is 5.97 Å². The standard InChI is InChI=1S/C71H114N4O4/c1-3-5-7-9-11-13-15-17-19-21-23-25-27-29-31-33-35-37-39-45-57-74(58-46-40-38-36-34-32-30-28-26-24-22-20-18-16-14-12-10-8-6-4-2)70(77)61-53-55-62(56-54-61)72-73-75-59-47-52-68(75)69(76)71(78)79-60-67-65-50-43-41-48-63(65)64-49-42-44-51-66(64)67/h41-44,48-51,53-56,67-68,72-73H,3-40,45-47,52,57-60H2,1-2H3/t68-/m0/s1. The van der Waals surface area contributed by atoms with Gasteiger partial charge in [0.15, 0.2) is 0 Å². The van der Waals surface area contributed by atoms with Crippen molar-refractivity contribution in [2.24, 2.45) is 0 Å². The van der Waals surface area contributed by atoms with Gasteiger partial charge in [-0.2, -0.15) is 5.53 Å². The van der Waals surface area contributed by atoms with Crippen molar-refractivity contribution in [2.75, 3.05) is 31.7 Å². The Balaban J connectivity index is 0.966. The molecule has 1 amide bonds. The number of ether oxygens (including phenoxy) is 1. The van der Waals surface area contributed by atoms with Crippen molar-refractivity contribution in [2.45, 2.75) is 295 Å². The minimum absolute atomic E-state index is 0.0998. The van der Waals surface area contributed by atoms with Crippen molar-refractivity contribution >= 4 is 23.3 Å². The maximum Gasteiger partial charge on any atom is 0.376 e. The fraction of sp³-hybridized carbons (Fsp3) is 0.704. The summed E-state index contributed by atoms with van der Waals surface area (Å²) in [6, 6.07) is 23.5. The number of hydrogen-bond acceptors (Lipinski definition) is 7. The minimum atomic E-state index is -0.793. The van der Waals surface area contributed by atoms with Crippen LogP contribution in [-0.4, -0.2) is 59.9 Å². The molecule has 8 nitrogen and oxygen atoms in total. The quantitative estimate of drug-likeness (QED) is 0.0252. The summed E-state index contributed by atoms with van der Waals surface area (Å²) >= 11 is 0. The number of ketones is 1. The number of hydrogen-bond donors (Lipinski definition) is 2. The number of Topliss-reactive ketones (excluding diaryl/α,β-unsaturated/α-hetero) is 1. The highest BCUT2D eigenvalue weighted by atomic mass is 16.5. The molecule has 0 saturated carbocycles. The summed E-state index contributed by atoms with van der Waals surface area (Å²) < 4.78 is 5.75. The van der Waals surface area contributed by atoms with Gasteiger partial charge in [-0.15, -0.1) is 0 Å². The Morgan fingerprint density at radius 1 is 0.468 bits per heavy atom. The number of hydrazine groups is 2. The van der Waals surface area contributed by atoms with Gasteiger partial charge in [-0.25, -0.2) is 9.80 Å². The summed E-state index contributed by atoms with van der Waals surface area (Å²) in [5.41, 5.74) is 12.5. The molecule has 5 rings (SSSR count). The maximum absolute atomic E-state index is 14.1. The molecular formula is C71H114N4O4. The first kappa shape index (κ1) is 65.8. The maximum atomic E-state index is 14.1. The van der Waals surface area contributed by atoms with Gasteiger partial charge in [-0.1, -0.05) is 306 Å². The number of rotatable bonds is 50. The zero-order valence-corrected chi connectivity index (χ0v) is 50.6. The van der Waals surface area contributed by atoms with Crippen LogP contribution in [0.5, 0.6) is 0 Å². The van der Waals surface area contributed by atoms with Gasteiger partial charge in [0, 0.05) is 31.1 Å². The molecule has 0 radical (unpaired) electrons. The summed E-state index contributed by atoms with van der Waals surface area (Å²) in [5, 5.41) is 1.80. The van der Waals surface area contributed by atoms with Gasteiger partial charge < -0.3 is 15.1 Å². The van der Waals surface area contributed by atoms with Crippen LogP contribution in [0.25, 0.3) is 11.1 Å². The van der Waals surface area contributed by atoms with Crippen molar-refractivity contribution in [1.82, 2.24) is 15.4 Å². The Bertz CT molecular complexity index is 1950. The van der Waals surface area contributed by atoms with Crippen molar-refractivity contribution in [1.29, 1.82) is 0 Å². The van der Waals surface area contributed by atoms with E-state index in [9.17, 15) is 14.4 Å². The molecule has 1 heterocycles. The predicted molar refractivity (Wildman–Crippen MR) is 335 cm³/mol. The highest BCUT2D eigenvalue weighted by Gasteiger charge is 2.37. The number of carbonyl (C=O) groups is 3. The minimum Gasteiger partial charge on any atom is -0.459 e. The molecule has 2 aliphatic rings. The second kappa shape index (κ2) is 42.8. The van der Waals surface area contributed by atoms with Crippen LogP contribution in [0.15, 0.2) is 72.8 Å². The van der Waals surface area contributed by atoms with Crippen LogP contribution < -0.4 is 11.0 Å². The number of fused-ring (bicyclic) bond motifs is 3. The van der Waals surface area contributed by atoms with Crippen molar-refractivity contribution in [3.63, 3.8) is 0 Å². The average Bonchev–Trinajstić information content (AvgIpc) is 4.27. The monoisotopic (exact) mass is 1090 g/mol. The van der Waals surface area contributed by atoms with Gasteiger partial charge in [0.1, 0.15) is 6.61 Å². The third-order valence-corrected chi connectivity index (χ3v) is 17.4. The van der Waals surface area contributed by atoms with Crippen molar-refractivity contribution in [3.05, 3.63) is 89.5 Å². The third-order valence-electron chi connectivity index (χ3n) is 17.4. The second-order valence-corrected chi connectivity index (χ2v) is 24.1. The lowest BCUT2D eigenvalue weighted by Crippen LogP contribution is -2.50. The number of esters is 1. The largest absolute Gasteiger partial charge is 0.459 e. The lowest BCUT2D eigenvalue weighted by atomic mass is 9.98. The normalized spacial score (nSPS) is 14.2. The van der Waals surface area contributed by atoms with E-state index < -0.39 is 17.8 Å². The van der Waals surface area contributed by atoms with Crippen molar-refractivity contribution in [3.8, 4) is 11.1 Å². The van der Waals surface area contributed by atoms with Crippen LogP contribution in [0.2, 0.25) is 0 Å². The first-order valence-electron chi connectivity index (χ1n) is 33.6. The van der Waals surface area contributed by atoms with Crippen LogP contribution >= 0.6 is 0 Å². The smallest absolute Gasteiger partial charge is 0.376 e. The van der Waals surface area contributed by atoms with Crippen LogP contribution in [0.1, 0.15) is 311 Å². The van der Waals surface area contributed by atoms with Crippen LogP contribution in [0, 0.1) is 0 Å². The lowest BCUT2D eigenvalue weighted by Gasteiger charge is -2.25. The Kier molecular flexibility index (Phi) is 35.6. The predicted octanol–water partition coefficient (Wildman–Crippen LogP) is 20.0. The number of amides is 1. The number of unbranched alkanes of at least 4 members (excludes halogenated alkanes) is 38. The molecule has 0 bridgehead atoms. The molecule has 8 heteroatoms. The highest BCUT2D eigenvalue weighted by Crippen LogP contribution is 2.44. The zero-order valence-electron chi connectivity index (χ0n) is 50.6. The van der Waals surface area contributed by atoms with E-state index in [0.717, 1.165) is 60.3 Å². The molecule has 0 spiro atoms. The van der Waals surface area contributed by atoms with Crippen LogP contribution in [0.4, 0.5) is 5.69 Å². The van der Waals surface area contributed by atoms with E-state index in [-0.39, 0.29) is 18.4 Å². The van der Waals surface area contributed by atoms with Crippen LogP contribution in [0.3, 0.4) is 0 Å². The molecule has 1 saturated heterocycles. The SMILES string of the molecule is CCCCCCCCCCCCCCCCCCCCCCN(CCCCCCCCCCCCCCCCCCCCCC)C(=O)c1ccc(NNN2CCC[C@H]2C(=O)C(=O)OCC2c3ccccc3-c3ccccc32)cc1. The molecule has 1 aliphatic carbocycles. The summed E-state index contributed by atoms with van der Waals surface area (Å²) in [5.74, 6) is -1.31. The van der Waals surface area contributed by atoms with Crippen molar-refractivity contribution < 1.29 is 19.1 Å². The average molecular weight is 1090 g/mol. The molecule has 1 fully saturated rings. The third kappa shape index (κ3) is 26.6. The first-order chi connectivity index (χ1) is 39.0. The molecule has 79 heavy (non-hydrogen) atoms. The number of nitrogens with zero attached hydrogens (tertiary/aromatic N) is 2. The molecule has 1 atom stereocenters. The van der Waals surface area contributed by atoms with E-state index in [1.807, 2.05) is 48.5 Å². The molecular weight excluding hydrogens is 973 g/mol. The molecule has 3 aromatic carbocycles. The molecule has 0 unspecified atom stereocenters. The molecule has 442 valence electrons. The summed E-state index contributed by atoms with van der Waals surface area (Å²) in [6.45, 7) is 6.96. The summed E-state index contributed by atoms with van der Waals surface area (Å²) in [6.07, 6.45) is 56.0. The number of benzene rings is 3. The lowest BCUT2D eigenvalue weighted by molar-refractivity contribution is -0.156. The van der Waals surface area contributed by atoms with Gasteiger partial charge in [0.25, 0.3) is 11.7 Å². The highest BCUT2D eigenvalue weighted by molar-refractivity contribution is 6.35. The van der Waals surface area contributed by atoms with E-state index in [1.54, 1.807) is 5.01 Å². The number of nitrogens with one attached hydrogen (secondary N) is 2. The van der Waals surface area contributed by atoms with Gasteiger partial charge in [-0.05, 0) is 72.2 Å². The van der Waals surface area contributed by atoms with Gasteiger partial charge in [0.2, 0.25) is 0 Å². The second-order valence-electron chi connectivity index (χ2n) is 24.1. The molecule has 1 aliphatic heterocycles. The van der Waals surface area contributed by atoms with E-state index in [2.05, 4.69) is 54.0 Å². The fourth-order valence-corrected chi connectivity index (χ4v) is 12.4. The van der Waals surface area contributed by atoms with Crippen LogP contribution in [-0.2, 0) is 14.3 Å². The van der Waals surface area contributed by atoms with Gasteiger partial charge in [0.05, 0.1) is 11.7 Å².